The third-order valence-electron chi connectivity index (χ3n) is 3.12. The van der Waals surface area contributed by atoms with Gasteiger partial charge in [0.25, 0.3) is 10.0 Å². The molecule has 0 aliphatic carbocycles. The van der Waals surface area contributed by atoms with Gasteiger partial charge in [-0.1, -0.05) is 12.1 Å². The molecule has 0 radical (unpaired) electrons. The summed E-state index contributed by atoms with van der Waals surface area (Å²) in [5.74, 6) is -0.123. The number of sulfonamides is 1. The van der Waals surface area contributed by atoms with E-state index >= 15 is 0 Å². The Hall–Kier alpha value is -1.86. The summed E-state index contributed by atoms with van der Waals surface area (Å²) in [7, 11) is -2.05. The normalized spacial score (nSPS) is 11.0. The van der Waals surface area contributed by atoms with E-state index in [4.69, 9.17) is 0 Å². The van der Waals surface area contributed by atoms with E-state index in [-0.39, 0.29) is 10.8 Å². The Morgan fingerprint density at radius 2 is 1.68 bits per heavy atom. The molecule has 1 amide bonds. The van der Waals surface area contributed by atoms with Crippen LogP contribution in [0.3, 0.4) is 0 Å². The zero-order chi connectivity index (χ0) is 16.3. The zero-order valence-corrected chi connectivity index (χ0v) is 14.5. The van der Waals surface area contributed by atoms with Gasteiger partial charge in [-0.25, -0.2) is 8.42 Å². The van der Waals surface area contributed by atoms with Crippen LogP contribution in [0.4, 0.5) is 11.4 Å². The number of rotatable bonds is 4. The highest BCUT2D eigenvalue weighted by Crippen LogP contribution is 2.25. The molecule has 2 aromatic carbocycles. The van der Waals surface area contributed by atoms with Crippen LogP contribution in [0, 0.1) is 0 Å². The number of anilines is 2. The highest BCUT2D eigenvalue weighted by molar-refractivity contribution is 9.10. The van der Waals surface area contributed by atoms with Crippen LogP contribution in [-0.4, -0.2) is 21.4 Å². The number of para-hydroxylation sites is 1. The van der Waals surface area contributed by atoms with Crippen molar-refractivity contribution >= 4 is 43.2 Å². The molecule has 0 atom stereocenters. The number of benzene rings is 2. The molecule has 0 saturated heterocycles. The lowest BCUT2D eigenvalue weighted by Gasteiger charge is -2.15. The molecule has 2 aromatic rings. The van der Waals surface area contributed by atoms with Gasteiger partial charge in [-0.05, 0) is 52.3 Å². The molecule has 0 fully saturated rings. The molecule has 0 saturated carbocycles. The molecule has 22 heavy (non-hydrogen) atoms. The number of hydrogen-bond donors (Lipinski definition) is 1. The zero-order valence-electron chi connectivity index (χ0n) is 12.1. The molecular weight excluding hydrogens is 368 g/mol. The number of carbonyl (C=O) groups excluding carboxylic acids is 1. The van der Waals surface area contributed by atoms with Crippen molar-refractivity contribution in [3.63, 3.8) is 0 Å². The van der Waals surface area contributed by atoms with Gasteiger partial charge in [-0.2, -0.15) is 0 Å². The summed E-state index contributed by atoms with van der Waals surface area (Å²) in [6.45, 7) is 1.44. The molecular formula is C15H15BrN2O3S. The average molecular weight is 383 g/mol. The smallest absolute Gasteiger partial charge is 0.261 e. The van der Waals surface area contributed by atoms with E-state index in [9.17, 15) is 13.2 Å². The molecule has 0 unspecified atom stereocenters. The maximum absolute atomic E-state index is 12.4. The first kappa shape index (κ1) is 16.5. The molecule has 5 nitrogen and oxygen atoms in total. The second-order valence-electron chi connectivity index (χ2n) is 4.66. The summed E-state index contributed by atoms with van der Waals surface area (Å²) < 4.78 is 27.9. The van der Waals surface area contributed by atoms with Crippen LogP contribution in [0.2, 0.25) is 0 Å². The van der Waals surface area contributed by atoms with Crippen molar-refractivity contribution < 1.29 is 13.2 Å². The van der Waals surface area contributed by atoms with Crippen LogP contribution in [-0.2, 0) is 14.8 Å². The van der Waals surface area contributed by atoms with Gasteiger partial charge in [0.15, 0.2) is 0 Å². The minimum absolute atomic E-state index is 0.123. The van der Waals surface area contributed by atoms with Crippen molar-refractivity contribution in [1.29, 1.82) is 0 Å². The van der Waals surface area contributed by atoms with Crippen molar-refractivity contribution in [3.05, 3.63) is 53.0 Å². The Bertz CT molecular complexity index is 789. The van der Waals surface area contributed by atoms with E-state index in [1.165, 1.54) is 24.0 Å². The summed E-state index contributed by atoms with van der Waals surface area (Å²) in [6, 6.07) is 13.1. The summed E-state index contributed by atoms with van der Waals surface area (Å²) in [4.78, 5) is 12.9. The Kier molecular flexibility index (Phi) is 4.87. The number of hydrogen-bond acceptors (Lipinski definition) is 3. The van der Waals surface area contributed by atoms with Crippen molar-refractivity contribution in [1.82, 2.24) is 0 Å². The number of nitrogens with zero attached hydrogens (tertiary/aromatic N) is 1. The highest BCUT2D eigenvalue weighted by atomic mass is 79.9. The van der Waals surface area contributed by atoms with Crippen molar-refractivity contribution in [2.75, 3.05) is 16.7 Å². The minimum atomic E-state index is -3.68. The number of halogens is 1. The molecule has 0 aliphatic heterocycles. The molecule has 7 heteroatoms. The Morgan fingerprint density at radius 1 is 1.09 bits per heavy atom. The van der Waals surface area contributed by atoms with Crippen LogP contribution in [0.5, 0.6) is 0 Å². The van der Waals surface area contributed by atoms with E-state index < -0.39 is 10.0 Å². The second-order valence-corrected chi connectivity index (χ2v) is 7.19. The average Bonchev–Trinajstić information content (AvgIpc) is 2.49. The molecule has 0 heterocycles. The van der Waals surface area contributed by atoms with Crippen molar-refractivity contribution in [3.8, 4) is 0 Å². The molecule has 2 rings (SSSR count). The number of nitrogens with one attached hydrogen (secondary N) is 1. The Balaban J connectivity index is 2.27. The van der Waals surface area contributed by atoms with Gasteiger partial charge in [-0.15, -0.1) is 0 Å². The first-order valence-corrected chi connectivity index (χ1v) is 8.70. The Labute approximate surface area is 138 Å². The topological polar surface area (TPSA) is 66.5 Å². The largest absolute Gasteiger partial charge is 0.316 e. The lowest BCUT2D eigenvalue weighted by atomic mass is 10.3. The third-order valence-corrected chi connectivity index (χ3v) is 5.20. The summed E-state index contributed by atoms with van der Waals surface area (Å²) >= 11 is 3.30. The van der Waals surface area contributed by atoms with Crippen LogP contribution in [0.25, 0.3) is 0 Å². The lowest BCUT2D eigenvalue weighted by Crippen LogP contribution is -2.22. The lowest BCUT2D eigenvalue weighted by molar-refractivity contribution is -0.116. The van der Waals surface area contributed by atoms with E-state index in [1.54, 1.807) is 43.4 Å². The molecule has 0 aromatic heterocycles. The van der Waals surface area contributed by atoms with Gasteiger partial charge in [0.05, 0.1) is 10.6 Å². The fraction of sp³-hybridized carbons (Fsp3) is 0.133. The standard InChI is InChI=1S/C15H15BrN2O3S/c1-11(19)18(2)12-7-9-13(10-8-12)22(20,21)17-15-6-4-3-5-14(15)16/h3-10,17H,1-2H3. The van der Waals surface area contributed by atoms with E-state index in [1.807, 2.05) is 0 Å². The SMILES string of the molecule is CC(=O)N(C)c1ccc(S(=O)(=O)Nc2ccccc2Br)cc1. The van der Waals surface area contributed by atoms with Gasteiger partial charge in [-0.3, -0.25) is 9.52 Å². The van der Waals surface area contributed by atoms with Crippen molar-refractivity contribution in [2.45, 2.75) is 11.8 Å². The quantitative estimate of drug-likeness (QED) is 0.882. The van der Waals surface area contributed by atoms with Crippen LogP contribution < -0.4 is 9.62 Å². The monoisotopic (exact) mass is 382 g/mol. The van der Waals surface area contributed by atoms with Gasteiger partial charge in [0.1, 0.15) is 0 Å². The van der Waals surface area contributed by atoms with E-state index in [2.05, 4.69) is 20.7 Å². The van der Waals surface area contributed by atoms with Crippen LogP contribution >= 0.6 is 15.9 Å². The summed E-state index contributed by atoms with van der Waals surface area (Å²) in [6.07, 6.45) is 0. The number of carbonyl (C=O) groups is 1. The van der Waals surface area contributed by atoms with Gasteiger partial charge >= 0.3 is 0 Å². The molecule has 0 bridgehead atoms. The first-order chi connectivity index (χ1) is 10.3. The summed E-state index contributed by atoms with van der Waals surface area (Å²) in [5, 5.41) is 0. The van der Waals surface area contributed by atoms with Gasteiger partial charge < -0.3 is 4.90 Å². The maximum atomic E-state index is 12.4. The molecule has 0 spiro atoms. The van der Waals surface area contributed by atoms with Gasteiger partial charge in [0.2, 0.25) is 5.91 Å². The molecule has 116 valence electrons. The molecule has 1 N–H and O–H groups in total. The van der Waals surface area contributed by atoms with E-state index in [0.29, 0.717) is 15.8 Å². The number of amides is 1. The van der Waals surface area contributed by atoms with E-state index in [0.717, 1.165) is 0 Å². The maximum Gasteiger partial charge on any atom is 0.261 e. The highest BCUT2D eigenvalue weighted by Gasteiger charge is 2.16. The minimum Gasteiger partial charge on any atom is -0.316 e. The second kappa shape index (κ2) is 6.50. The third kappa shape index (κ3) is 3.66. The fourth-order valence-electron chi connectivity index (χ4n) is 1.78. The van der Waals surface area contributed by atoms with Crippen LogP contribution in [0.1, 0.15) is 6.92 Å². The first-order valence-electron chi connectivity index (χ1n) is 6.43. The predicted octanol–water partition coefficient (Wildman–Crippen LogP) is 3.23. The summed E-state index contributed by atoms with van der Waals surface area (Å²) in [5.41, 5.74) is 1.10. The molecule has 0 aliphatic rings. The van der Waals surface area contributed by atoms with Gasteiger partial charge in [0, 0.05) is 24.1 Å². The predicted molar refractivity (Wildman–Crippen MR) is 90.5 cm³/mol. The van der Waals surface area contributed by atoms with Crippen LogP contribution in [0.15, 0.2) is 57.9 Å². The Morgan fingerprint density at radius 3 is 2.23 bits per heavy atom. The fourth-order valence-corrected chi connectivity index (χ4v) is 3.37. The van der Waals surface area contributed by atoms with Crippen molar-refractivity contribution in [2.24, 2.45) is 0 Å².